The van der Waals surface area contributed by atoms with Crippen LogP contribution in [0, 0.1) is 13.8 Å². The molecular weight excluding hydrogens is 438 g/mol. The lowest BCUT2D eigenvalue weighted by Crippen LogP contribution is -2.39. The number of esters is 1. The van der Waals surface area contributed by atoms with Gasteiger partial charge in [-0.15, -0.1) is 0 Å². The summed E-state index contributed by atoms with van der Waals surface area (Å²) in [5.74, 6) is -0.440. The second-order valence-corrected chi connectivity index (χ2v) is 9.43. The van der Waals surface area contributed by atoms with E-state index in [-0.39, 0.29) is 31.0 Å². The fraction of sp³-hybridized carbons (Fsp3) is 0.480. The summed E-state index contributed by atoms with van der Waals surface area (Å²) in [4.78, 5) is 32.6. The van der Waals surface area contributed by atoms with E-state index in [4.69, 9.17) is 14.5 Å². The summed E-state index contributed by atoms with van der Waals surface area (Å²) in [6, 6.07) is 5.83. The SMILES string of the molecule is CCOC(=O)C1=C(C)N=C2SC=C(CC(=O)NC[C@@H]3CCCO3)N2[C@H]1c1cc(C)ccc1C. The number of rotatable bonds is 7. The second kappa shape index (κ2) is 10.1. The molecule has 1 aromatic carbocycles. The fourth-order valence-corrected chi connectivity index (χ4v) is 5.41. The highest BCUT2D eigenvalue weighted by Crippen LogP contribution is 2.45. The lowest BCUT2D eigenvalue weighted by atomic mass is 9.90. The van der Waals surface area contributed by atoms with Crippen molar-refractivity contribution in [1.82, 2.24) is 10.2 Å². The van der Waals surface area contributed by atoms with Crippen LogP contribution in [0.1, 0.15) is 55.8 Å². The molecule has 0 bridgehead atoms. The number of thioether (sulfide) groups is 1. The van der Waals surface area contributed by atoms with Gasteiger partial charge in [0.1, 0.15) is 0 Å². The first-order valence-electron chi connectivity index (χ1n) is 11.5. The van der Waals surface area contributed by atoms with Crippen LogP contribution in [0.15, 0.2) is 45.6 Å². The molecule has 1 N–H and O–H groups in total. The van der Waals surface area contributed by atoms with Gasteiger partial charge in [-0.2, -0.15) is 0 Å². The van der Waals surface area contributed by atoms with E-state index in [1.807, 2.05) is 31.1 Å². The number of nitrogens with zero attached hydrogens (tertiary/aromatic N) is 2. The number of benzene rings is 1. The smallest absolute Gasteiger partial charge is 0.338 e. The van der Waals surface area contributed by atoms with E-state index in [1.165, 1.54) is 11.8 Å². The van der Waals surface area contributed by atoms with E-state index >= 15 is 0 Å². The molecular formula is C25H31N3O4S. The Hall–Kier alpha value is -2.58. The number of amidine groups is 1. The Labute approximate surface area is 199 Å². The standard InChI is InChI=1S/C25H31N3O4S/c1-5-31-24(30)22-17(4)27-25-28(23(22)20-11-15(2)8-9-16(20)3)18(14-33-25)12-21(29)26-13-19-7-6-10-32-19/h8-9,11,14,19,23H,5-7,10,12-13H2,1-4H3,(H,26,29)/t19-,23-/m0/s1. The third-order valence-electron chi connectivity index (χ3n) is 6.12. The van der Waals surface area contributed by atoms with Crippen LogP contribution in [0.3, 0.4) is 0 Å². The van der Waals surface area contributed by atoms with E-state index < -0.39 is 6.04 Å². The predicted molar refractivity (Wildman–Crippen MR) is 130 cm³/mol. The number of ether oxygens (including phenoxy) is 2. The lowest BCUT2D eigenvalue weighted by Gasteiger charge is -2.37. The molecule has 176 valence electrons. The first-order chi connectivity index (χ1) is 15.9. The van der Waals surface area contributed by atoms with E-state index in [1.54, 1.807) is 6.92 Å². The highest BCUT2D eigenvalue weighted by Gasteiger charge is 2.41. The second-order valence-electron chi connectivity index (χ2n) is 8.59. The Morgan fingerprint density at radius 3 is 2.85 bits per heavy atom. The Morgan fingerprint density at radius 1 is 1.30 bits per heavy atom. The third-order valence-corrected chi connectivity index (χ3v) is 7.01. The number of hydrogen-bond acceptors (Lipinski definition) is 7. The summed E-state index contributed by atoms with van der Waals surface area (Å²) in [6.07, 6.45) is 2.31. The van der Waals surface area contributed by atoms with Gasteiger partial charge in [-0.25, -0.2) is 9.79 Å². The van der Waals surface area contributed by atoms with Crippen molar-refractivity contribution < 1.29 is 19.1 Å². The van der Waals surface area contributed by atoms with Crippen molar-refractivity contribution in [3.63, 3.8) is 0 Å². The molecule has 1 fully saturated rings. The van der Waals surface area contributed by atoms with E-state index in [0.717, 1.165) is 47.0 Å². The van der Waals surface area contributed by atoms with Gasteiger partial charge in [-0.3, -0.25) is 4.79 Å². The molecule has 1 saturated heterocycles. The van der Waals surface area contributed by atoms with Crippen LogP contribution >= 0.6 is 11.8 Å². The molecule has 3 heterocycles. The summed E-state index contributed by atoms with van der Waals surface area (Å²) >= 11 is 1.48. The number of aliphatic imine (C=N–C) groups is 1. The van der Waals surface area contributed by atoms with Gasteiger partial charge in [-0.1, -0.05) is 35.5 Å². The number of carbonyl (C=O) groups excluding carboxylic acids is 2. The van der Waals surface area contributed by atoms with E-state index in [0.29, 0.717) is 17.8 Å². The normalized spacial score (nSPS) is 22.1. The van der Waals surface area contributed by atoms with Crippen molar-refractivity contribution in [2.75, 3.05) is 19.8 Å². The number of fused-ring (bicyclic) bond motifs is 1. The van der Waals surface area contributed by atoms with Crippen LogP contribution in [-0.2, 0) is 19.1 Å². The highest BCUT2D eigenvalue weighted by atomic mass is 32.2. The average Bonchev–Trinajstić information content (AvgIpc) is 3.43. The topological polar surface area (TPSA) is 80.2 Å². The zero-order valence-corrected chi connectivity index (χ0v) is 20.5. The summed E-state index contributed by atoms with van der Waals surface area (Å²) < 4.78 is 11.0. The molecule has 4 rings (SSSR count). The summed E-state index contributed by atoms with van der Waals surface area (Å²) in [7, 11) is 0. The quantitative estimate of drug-likeness (QED) is 0.605. The molecule has 0 aromatic heterocycles. The Bertz CT molecular complexity index is 1040. The van der Waals surface area contributed by atoms with Crippen LogP contribution in [0.2, 0.25) is 0 Å². The van der Waals surface area contributed by atoms with E-state index in [2.05, 4.69) is 23.5 Å². The predicted octanol–water partition coefficient (Wildman–Crippen LogP) is 4.13. The van der Waals surface area contributed by atoms with Crippen molar-refractivity contribution >= 4 is 28.8 Å². The molecule has 3 aliphatic rings. The van der Waals surface area contributed by atoms with Crippen molar-refractivity contribution in [1.29, 1.82) is 0 Å². The minimum Gasteiger partial charge on any atom is -0.463 e. The molecule has 0 saturated carbocycles. The van der Waals surface area contributed by atoms with Gasteiger partial charge in [0.05, 0.1) is 36.4 Å². The molecule has 7 nitrogen and oxygen atoms in total. The first-order valence-corrected chi connectivity index (χ1v) is 12.3. The number of carbonyl (C=O) groups is 2. The van der Waals surface area contributed by atoms with Gasteiger partial charge in [0, 0.05) is 18.8 Å². The molecule has 0 aliphatic carbocycles. The van der Waals surface area contributed by atoms with Gasteiger partial charge in [0.25, 0.3) is 0 Å². The van der Waals surface area contributed by atoms with Crippen molar-refractivity contribution in [3.8, 4) is 0 Å². The molecule has 0 spiro atoms. The molecule has 2 atom stereocenters. The molecule has 8 heteroatoms. The van der Waals surface area contributed by atoms with Crippen LogP contribution in [0.25, 0.3) is 0 Å². The number of hydrogen-bond donors (Lipinski definition) is 1. The summed E-state index contributed by atoms with van der Waals surface area (Å²) in [5.41, 5.74) is 5.17. The minimum atomic E-state index is -0.399. The third kappa shape index (κ3) is 5.01. The summed E-state index contributed by atoms with van der Waals surface area (Å²) in [5, 5.41) is 5.73. The molecule has 0 unspecified atom stereocenters. The maximum absolute atomic E-state index is 13.1. The largest absolute Gasteiger partial charge is 0.463 e. The van der Waals surface area contributed by atoms with Crippen molar-refractivity contribution in [2.45, 2.75) is 59.1 Å². The molecule has 3 aliphatic heterocycles. The monoisotopic (exact) mass is 469 g/mol. The van der Waals surface area contributed by atoms with Crippen LogP contribution in [-0.4, -0.2) is 47.8 Å². The fourth-order valence-electron chi connectivity index (χ4n) is 4.45. The lowest BCUT2D eigenvalue weighted by molar-refractivity contribution is -0.139. The van der Waals surface area contributed by atoms with E-state index in [9.17, 15) is 9.59 Å². The number of amides is 1. The minimum absolute atomic E-state index is 0.0673. The average molecular weight is 470 g/mol. The maximum Gasteiger partial charge on any atom is 0.338 e. The molecule has 1 aromatic rings. The van der Waals surface area contributed by atoms with Crippen molar-refractivity contribution in [3.05, 3.63) is 57.3 Å². The van der Waals surface area contributed by atoms with Gasteiger partial charge >= 0.3 is 5.97 Å². The Balaban J connectivity index is 1.64. The molecule has 0 radical (unpaired) electrons. The highest BCUT2D eigenvalue weighted by molar-refractivity contribution is 8.16. The Kier molecular flexibility index (Phi) is 7.24. The van der Waals surface area contributed by atoms with Crippen LogP contribution in [0.5, 0.6) is 0 Å². The number of aryl methyl sites for hydroxylation is 2. The van der Waals surface area contributed by atoms with Crippen molar-refractivity contribution in [2.24, 2.45) is 4.99 Å². The van der Waals surface area contributed by atoms with Gasteiger partial charge in [-0.05, 0) is 57.1 Å². The molecule has 1 amide bonds. The van der Waals surface area contributed by atoms with Gasteiger partial charge in [0.15, 0.2) is 5.17 Å². The zero-order valence-electron chi connectivity index (χ0n) is 19.6. The zero-order chi connectivity index (χ0) is 23.5. The maximum atomic E-state index is 13.1. The summed E-state index contributed by atoms with van der Waals surface area (Å²) in [6.45, 7) is 9.29. The first kappa shape index (κ1) is 23.6. The molecule has 33 heavy (non-hydrogen) atoms. The van der Waals surface area contributed by atoms with Gasteiger partial charge < -0.3 is 19.7 Å². The van der Waals surface area contributed by atoms with Gasteiger partial charge in [0.2, 0.25) is 5.91 Å². The van der Waals surface area contributed by atoms with Crippen LogP contribution < -0.4 is 5.32 Å². The number of allylic oxidation sites excluding steroid dienone is 1. The van der Waals surface area contributed by atoms with Crippen LogP contribution in [0.4, 0.5) is 0 Å². The Morgan fingerprint density at radius 2 is 2.12 bits per heavy atom. The number of nitrogens with one attached hydrogen (secondary N) is 1.